The molecule has 1 heterocycles. The van der Waals surface area contributed by atoms with Crippen molar-refractivity contribution in [2.24, 2.45) is 0 Å². The topological polar surface area (TPSA) is 20.3 Å². The molecule has 0 saturated heterocycles. The Morgan fingerprint density at radius 1 is 1.50 bits per heavy atom. The van der Waals surface area contributed by atoms with Crippen molar-refractivity contribution in [3.63, 3.8) is 0 Å². The van der Waals surface area contributed by atoms with Gasteiger partial charge in [-0.3, -0.25) is 4.79 Å². The summed E-state index contributed by atoms with van der Waals surface area (Å²) in [6.07, 6.45) is 0.925. The second-order valence-electron chi connectivity index (χ2n) is 4.09. The molecule has 0 atom stereocenters. The number of nitrogens with zero attached hydrogens (tertiary/aromatic N) is 1. The Hall–Kier alpha value is -0.830. The summed E-state index contributed by atoms with van der Waals surface area (Å²) in [5.41, 5.74) is 2.30. The first-order valence-corrected chi connectivity index (χ1v) is 5.36. The van der Waals surface area contributed by atoms with Crippen LogP contribution in [0.5, 0.6) is 0 Å². The molecule has 0 fully saturated rings. The lowest BCUT2D eigenvalue weighted by Crippen LogP contribution is -2.33. The van der Waals surface area contributed by atoms with Crippen LogP contribution in [0.3, 0.4) is 0 Å². The summed E-state index contributed by atoms with van der Waals surface area (Å²) in [5, 5.41) is 0. The van der Waals surface area contributed by atoms with Crippen LogP contribution in [-0.4, -0.2) is 11.3 Å². The van der Waals surface area contributed by atoms with Crippen molar-refractivity contribution >= 4 is 22.3 Å². The first-order chi connectivity index (χ1) is 6.55. The van der Waals surface area contributed by atoms with Crippen LogP contribution in [0.2, 0.25) is 0 Å². The quantitative estimate of drug-likeness (QED) is 0.705. The Morgan fingerprint density at radius 3 is 2.86 bits per heavy atom. The number of carbonyl (C=O) groups is 1. The predicted octanol–water partition coefficient (Wildman–Crippen LogP) is 2.66. The Kier molecular flexibility index (Phi) is 2.14. The Balaban J connectivity index is 2.55. The molecule has 0 radical (unpaired) electrons. The van der Waals surface area contributed by atoms with Gasteiger partial charge < -0.3 is 4.90 Å². The molecule has 0 bridgehead atoms. The largest absolute Gasteiger partial charge is 0.332 e. The van der Waals surface area contributed by atoms with Gasteiger partial charge in [0.2, 0.25) is 6.41 Å². The zero-order valence-corrected chi connectivity index (χ0v) is 9.84. The number of benzene rings is 1. The minimum atomic E-state index is -0.180. The van der Waals surface area contributed by atoms with Gasteiger partial charge in [0.1, 0.15) is 0 Å². The zero-order valence-electron chi connectivity index (χ0n) is 8.25. The Morgan fingerprint density at radius 2 is 2.21 bits per heavy atom. The fourth-order valence-corrected chi connectivity index (χ4v) is 2.32. The molecule has 0 aromatic heterocycles. The maximum atomic E-state index is 10.9. The monoisotopic (exact) mass is 253 g/mol. The van der Waals surface area contributed by atoms with E-state index < -0.39 is 0 Å². The first-order valence-electron chi connectivity index (χ1n) is 4.56. The molecule has 1 aliphatic rings. The van der Waals surface area contributed by atoms with Crippen molar-refractivity contribution in [2.45, 2.75) is 25.9 Å². The number of hydrogen-bond donors (Lipinski definition) is 0. The summed E-state index contributed by atoms with van der Waals surface area (Å²) in [6, 6.07) is 6.19. The van der Waals surface area contributed by atoms with Crippen molar-refractivity contribution in [3.8, 4) is 0 Å². The van der Waals surface area contributed by atoms with E-state index >= 15 is 0 Å². The molecule has 14 heavy (non-hydrogen) atoms. The Labute approximate surface area is 92.0 Å². The van der Waals surface area contributed by atoms with Crippen LogP contribution in [0.25, 0.3) is 0 Å². The van der Waals surface area contributed by atoms with Gasteiger partial charge in [-0.25, -0.2) is 0 Å². The average molecular weight is 254 g/mol. The van der Waals surface area contributed by atoms with Gasteiger partial charge in [-0.1, -0.05) is 22.0 Å². The van der Waals surface area contributed by atoms with Crippen LogP contribution >= 0.6 is 15.9 Å². The van der Waals surface area contributed by atoms with E-state index in [1.54, 1.807) is 0 Å². The Bertz CT molecular complexity index is 387. The maximum absolute atomic E-state index is 10.9. The van der Waals surface area contributed by atoms with Crippen LogP contribution in [0.15, 0.2) is 22.7 Å². The van der Waals surface area contributed by atoms with Gasteiger partial charge in [-0.15, -0.1) is 0 Å². The van der Waals surface area contributed by atoms with Gasteiger partial charge in [0.25, 0.3) is 0 Å². The highest BCUT2D eigenvalue weighted by atomic mass is 79.9. The minimum absolute atomic E-state index is 0.180. The third-order valence-electron chi connectivity index (χ3n) is 2.92. The molecule has 0 saturated carbocycles. The predicted molar refractivity (Wildman–Crippen MR) is 58.8 cm³/mol. The van der Waals surface area contributed by atoms with Gasteiger partial charge in [0.05, 0.1) is 5.54 Å². The van der Waals surface area contributed by atoms with Gasteiger partial charge in [0.15, 0.2) is 0 Å². The van der Waals surface area contributed by atoms with Crippen molar-refractivity contribution in [1.82, 2.24) is 4.90 Å². The number of amides is 1. The fraction of sp³-hybridized carbons (Fsp3) is 0.364. The highest BCUT2D eigenvalue weighted by molar-refractivity contribution is 9.10. The molecule has 1 aromatic rings. The molecule has 1 aromatic carbocycles. The van der Waals surface area contributed by atoms with Gasteiger partial charge in [-0.05, 0) is 37.1 Å². The summed E-state index contributed by atoms with van der Waals surface area (Å²) < 4.78 is 1.07. The number of fused-ring (bicyclic) bond motifs is 1. The molecule has 1 amide bonds. The number of hydrogen-bond acceptors (Lipinski definition) is 1. The molecule has 2 nitrogen and oxygen atoms in total. The highest BCUT2D eigenvalue weighted by Crippen LogP contribution is 2.38. The molecular formula is C11H12BrNO. The van der Waals surface area contributed by atoms with E-state index in [1.165, 1.54) is 11.1 Å². The molecule has 2 rings (SSSR count). The summed E-state index contributed by atoms with van der Waals surface area (Å²) in [7, 11) is 0. The van der Waals surface area contributed by atoms with E-state index in [4.69, 9.17) is 0 Å². The van der Waals surface area contributed by atoms with E-state index in [0.717, 1.165) is 17.4 Å². The lowest BCUT2D eigenvalue weighted by Gasteiger charge is -2.28. The number of halogens is 1. The normalized spacial score (nSPS) is 18.1. The van der Waals surface area contributed by atoms with Crippen LogP contribution in [0.4, 0.5) is 0 Å². The van der Waals surface area contributed by atoms with Crippen molar-refractivity contribution < 1.29 is 4.79 Å². The number of rotatable bonds is 1. The lowest BCUT2D eigenvalue weighted by molar-refractivity contribution is -0.122. The van der Waals surface area contributed by atoms with Crippen LogP contribution in [0.1, 0.15) is 25.0 Å². The van der Waals surface area contributed by atoms with E-state index in [0.29, 0.717) is 0 Å². The molecule has 1 aliphatic heterocycles. The van der Waals surface area contributed by atoms with Gasteiger partial charge >= 0.3 is 0 Å². The summed E-state index contributed by atoms with van der Waals surface area (Å²) in [5.74, 6) is 0. The van der Waals surface area contributed by atoms with Crippen molar-refractivity contribution in [2.75, 3.05) is 0 Å². The lowest BCUT2D eigenvalue weighted by atomic mass is 9.94. The van der Waals surface area contributed by atoms with E-state index in [2.05, 4.69) is 41.9 Å². The van der Waals surface area contributed by atoms with Crippen LogP contribution in [-0.2, 0) is 16.9 Å². The molecular weight excluding hydrogens is 242 g/mol. The first kappa shape index (κ1) is 9.71. The van der Waals surface area contributed by atoms with Gasteiger partial charge in [-0.2, -0.15) is 0 Å². The standard InChI is InChI=1S/C11H12BrNO/c1-11(2)10-5-9(12)4-3-8(10)6-13(11)7-14/h3-5,7H,6H2,1-2H3. The average Bonchev–Trinajstić information content (AvgIpc) is 2.38. The van der Waals surface area contributed by atoms with E-state index in [9.17, 15) is 4.79 Å². The van der Waals surface area contributed by atoms with Crippen LogP contribution < -0.4 is 0 Å². The fourth-order valence-electron chi connectivity index (χ4n) is 1.96. The second kappa shape index (κ2) is 3.09. The second-order valence-corrected chi connectivity index (χ2v) is 5.01. The highest BCUT2D eigenvalue weighted by Gasteiger charge is 2.36. The van der Waals surface area contributed by atoms with Crippen molar-refractivity contribution in [3.05, 3.63) is 33.8 Å². The molecule has 0 unspecified atom stereocenters. The summed E-state index contributed by atoms with van der Waals surface area (Å²) in [4.78, 5) is 12.7. The minimum Gasteiger partial charge on any atom is -0.332 e. The number of carbonyl (C=O) groups excluding carboxylic acids is 1. The zero-order chi connectivity index (χ0) is 10.3. The van der Waals surface area contributed by atoms with Crippen molar-refractivity contribution in [1.29, 1.82) is 0 Å². The smallest absolute Gasteiger partial charge is 0.210 e. The molecule has 0 spiro atoms. The summed E-state index contributed by atoms with van der Waals surface area (Å²) in [6.45, 7) is 4.86. The van der Waals surface area contributed by atoms with Gasteiger partial charge in [0, 0.05) is 11.0 Å². The maximum Gasteiger partial charge on any atom is 0.210 e. The molecule has 0 N–H and O–H groups in total. The molecule has 0 aliphatic carbocycles. The van der Waals surface area contributed by atoms with E-state index in [-0.39, 0.29) is 5.54 Å². The summed E-state index contributed by atoms with van der Waals surface area (Å²) >= 11 is 3.45. The third kappa shape index (κ3) is 1.27. The van der Waals surface area contributed by atoms with E-state index in [1.807, 2.05) is 11.0 Å². The van der Waals surface area contributed by atoms with Crippen LogP contribution in [0, 0.1) is 0 Å². The third-order valence-corrected chi connectivity index (χ3v) is 3.41. The SMILES string of the molecule is CC1(C)c2cc(Br)ccc2CN1C=O. The molecule has 74 valence electrons. The molecule has 3 heteroatoms.